The number of hydrogen-bond donors (Lipinski definition) is 3. The number of hydrogen-bond acceptors (Lipinski definition) is 2. The van der Waals surface area contributed by atoms with Gasteiger partial charge in [0.15, 0.2) is 5.60 Å². The third kappa shape index (κ3) is 4.60. The Kier molecular flexibility index (Phi) is 6.05. The highest BCUT2D eigenvalue weighted by molar-refractivity contribution is 6.39. The minimum absolute atomic E-state index is 0.0550. The molecule has 2 rings (SSSR count). The number of rotatable bonds is 4. The van der Waals surface area contributed by atoms with Crippen molar-refractivity contribution in [2.45, 2.75) is 25.2 Å². The predicted molar refractivity (Wildman–Crippen MR) is 94.4 cm³/mol. The first kappa shape index (κ1) is 20.4. The molecule has 140 valence electrons. The summed E-state index contributed by atoms with van der Waals surface area (Å²) in [6.45, 7) is 0.831. The first-order valence-corrected chi connectivity index (χ1v) is 8.15. The van der Waals surface area contributed by atoms with Crippen molar-refractivity contribution in [1.29, 1.82) is 0 Å². The van der Waals surface area contributed by atoms with Crippen LogP contribution in [0.15, 0.2) is 42.5 Å². The van der Waals surface area contributed by atoms with Crippen LogP contribution in [0.3, 0.4) is 0 Å². The van der Waals surface area contributed by atoms with Gasteiger partial charge in [0.1, 0.15) is 0 Å². The van der Waals surface area contributed by atoms with Gasteiger partial charge in [-0.2, -0.15) is 13.2 Å². The second-order valence-electron chi connectivity index (χ2n) is 5.68. The van der Waals surface area contributed by atoms with Crippen LogP contribution in [0.4, 0.5) is 23.7 Å². The van der Waals surface area contributed by atoms with Crippen molar-refractivity contribution >= 4 is 34.9 Å². The molecule has 0 spiro atoms. The van der Waals surface area contributed by atoms with Crippen LogP contribution >= 0.6 is 23.2 Å². The largest absolute Gasteiger partial charge is 0.421 e. The number of benzene rings is 2. The van der Waals surface area contributed by atoms with Crippen LogP contribution in [0.5, 0.6) is 0 Å². The fourth-order valence-corrected chi connectivity index (χ4v) is 2.65. The lowest BCUT2D eigenvalue weighted by Gasteiger charge is -2.27. The maximum absolute atomic E-state index is 12.9. The number of nitrogens with one attached hydrogen (secondary N) is 2. The van der Waals surface area contributed by atoms with Crippen LogP contribution in [0.2, 0.25) is 10.0 Å². The normalized spacial score (nSPS) is 13.8. The van der Waals surface area contributed by atoms with Crippen LogP contribution in [0.25, 0.3) is 0 Å². The Morgan fingerprint density at radius 2 is 1.65 bits per heavy atom. The molecule has 0 saturated carbocycles. The van der Waals surface area contributed by atoms with Gasteiger partial charge >= 0.3 is 12.2 Å². The van der Waals surface area contributed by atoms with Gasteiger partial charge in [0.05, 0.1) is 15.7 Å². The van der Waals surface area contributed by atoms with Gasteiger partial charge < -0.3 is 15.7 Å². The molecule has 0 bridgehead atoms. The summed E-state index contributed by atoms with van der Waals surface area (Å²) in [5.41, 5.74) is -2.86. The standard InChI is InChI=1S/C17H15Cl2F3N2O2/c1-16(26,17(20,21)22)11-7-12(18)14(13(19)8-11)24-15(25)23-9-10-5-3-2-4-6-10/h2-8,26H,9H2,1H3,(H2,23,24,25)/t16-/m1/s1. The fraction of sp³-hybridized carbons (Fsp3) is 0.235. The van der Waals surface area contributed by atoms with Gasteiger partial charge in [-0.05, 0) is 30.2 Å². The number of urea groups is 1. The monoisotopic (exact) mass is 406 g/mol. The van der Waals surface area contributed by atoms with Crippen LogP contribution in [0.1, 0.15) is 18.1 Å². The number of anilines is 1. The van der Waals surface area contributed by atoms with Crippen molar-refractivity contribution in [2.24, 2.45) is 0 Å². The molecular formula is C17H15Cl2F3N2O2. The number of amides is 2. The van der Waals surface area contributed by atoms with Gasteiger partial charge in [-0.15, -0.1) is 0 Å². The average molecular weight is 407 g/mol. The first-order valence-electron chi connectivity index (χ1n) is 7.40. The highest BCUT2D eigenvalue weighted by Crippen LogP contribution is 2.42. The van der Waals surface area contributed by atoms with Gasteiger partial charge in [-0.25, -0.2) is 4.79 Å². The van der Waals surface area contributed by atoms with Crippen molar-refractivity contribution in [3.63, 3.8) is 0 Å². The summed E-state index contributed by atoms with van der Waals surface area (Å²) in [6.07, 6.45) is -4.92. The predicted octanol–water partition coefficient (Wildman–Crippen LogP) is 5.08. The molecule has 0 aliphatic carbocycles. The van der Waals surface area contributed by atoms with E-state index in [-0.39, 0.29) is 22.3 Å². The van der Waals surface area contributed by atoms with E-state index in [1.807, 2.05) is 30.3 Å². The Balaban J connectivity index is 2.14. The molecule has 0 radical (unpaired) electrons. The topological polar surface area (TPSA) is 61.4 Å². The summed E-state index contributed by atoms with van der Waals surface area (Å²) in [4.78, 5) is 12.0. The summed E-state index contributed by atoms with van der Waals surface area (Å²) in [5.74, 6) is 0. The van der Waals surface area contributed by atoms with Gasteiger partial charge in [0.25, 0.3) is 0 Å². The highest BCUT2D eigenvalue weighted by atomic mass is 35.5. The lowest BCUT2D eigenvalue weighted by atomic mass is 9.95. The molecule has 0 aliphatic rings. The zero-order valence-corrected chi connectivity index (χ0v) is 15.0. The quantitative estimate of drug-likeness (QED) is 0.662. The summed E-state index contributed by atoms with van der Waals surface area (Å²) >= 11 is 11.9. The van der Waals surface area contributed by atoms with Crippen LogP contribution in [0, 0.1) is 0 Å². The van der Waals surface area contributed by atoms with Crippen LogP contribution in [-0.4, -0.2) is 17.3 Å². The second-order valence-corrected chi connectivity index (χ2v) is 6.49. The highest BCUT2D eigenvalue weighted by Gasteiger charge is 2.51. The summed E-state index contributed by atoms with van der Waals surface area (Å²) in [6, 6.07) is 10.3. The lowest BCUT2D eigenvalue weighted by Crippen LogP contribution is -2.39. The van der Waals surface area contributed by atoms with E-state index in [0.29, 0.717) is 6.92 Å². The zero-order chi connectivity index (χ0) is 19.5. The molecule has 4 nitrogen and oxygen atoms in total. The van der Waals surface area contributed by atoms with E-state index in [2.05, 4.69) is 10.6 Å². The Bertz CT molecular complexity index is 773. The fourth-order valence-electron chi connectivity index (χ4n) is 2.07. The van der Waals surface area contributed by atoms with Crippen LogP contribution < -0.4 is 10.6 Å². The maximum Gasteiger partial charge on any atom is 0.421 e. The molecule has 0 fully saturated rings. The molecule has 0 aliphatic heterocycles. The third-order valence-corrected chi connectivity index (χ3v) is 4.29. The molecule has 3 N–H and O–H groups in total. The maximum atomic E-state index is 12.9. The van der Waals surface area contributed by atoms with E-state index in [4.69, 9.17) is 23.2 Å². The number of halogens is 5. The molecule has 1 atom stereocenters. The smallest absolute Gasteiger partial charge is 0.376 e. The molecule has 2 amide bonds. The Morgan fingerprint density at radius 3 is 2.15 bits per heavy atom. The van der Waals surface area contributed by atoms with Crippen LogP contribution in [-0.2, 0) is 12.1 Å². The van der Waals surface area contributed by atoms with Crippen molar-refractivity contribution in [3.8, 4) is 0 Å². The number of carbonyl (C=O) groups excluding carboxylic acids is 1. The zero-order valence-electron chi connectivity index (χ0n) is 13.5. The van der Waals surface area contributed by atoms with Gasteiger partial charge in [-0.3, -0.25) is 0 Å². The summed E-state index contributed by atoms with van der Waals surface area (Å²) < 4.78 is 38.8. The average Bonchev–Trinajstić information content (AvgIpc) is 2.56. The molecule has 0 aromatic heterocycles. The van der Waals surface area contributed by atoms with Gasteiger partial charge in [0, 0.05) is 6.54 Å². The van der Waals surface area contributed by atoms with E-state index in [1.165, 1.54) is 0 Å². The SMILES string of the molecule is C[C@@](O)(c1cc(Cl)c(NC(=O)NCc2ccccc2)c(Cl)c1)C(F)(F)F. The summed E-state index contributed by atoms with van der Waals surface area (Å²) in [5, 5.41) is 14.2. The third-order valence-electron chi connectivity index (χ3n) is 3.69. The second kappa shape index (κ2) is 7.73. The lowest BCUT2D eigenvalue weighted by molar-refractivity contribution is -0.258. The first-order chi connectivity index (χ1) is 12.0. The number of aliphatic hydroxyl groups is 1. The molecule has 0 heterocycles. The molecule has 2 aromatic rings. The number of alkyl halides is 3. The van der Waals surface area contributed by atoms with E-state index in [9.17, 15) is 23.1 Å². The van der Waals surface area contributed by atoms with Crippen molar-refractivity contribution in [1.82, 2.24) is 5.32 Å². The Labute approximate surface area is 157 Å². The minimum Gasteiger partial charge on any atom is -0.376 e. The number of carbonyl (C=O) groups is 1. The van der Waals surface area contributed by atoms with Crippen molar-refractivity contribution in [2.75, 3.05) is 5.32 Å². The Hall–Kier alpha value is -1.96. The van der Waals surface area contributed by atoms with Gasteiger partial charge in [-0.1, -0.05) is 53.5 Å². The van der Waals surface area contributed by atoms with E-state index < -0.39 is 23.4 Å². The van der Waals surface area contributed by atoms with E-state index >= 15 is 0 Å². The summed E-state index contributed by atoms with van der Waals surface area (Å²) in [7, 11) is 0. The molecule has 9 heteroatoms. The van der Waals surface area contributed by atoms with Crippen molar-refractivity contribution in [3.05, 3.63) is 63.6 Å². The van der Waals surface area contributed by atoms with Crippen molar-refractivity contribution < 1.29 is 23.1 Å². The van der Waals surface area contributed by atoms with Gasteiger partial charge in [0.2, 0.25) is 0 Å². The molecule has 0 unspecified atom stereocenters. The molecule has 26 heavy (non-hydrogen) atoms. The Morgan fingerprint density at radius 1 is 1.12 bits per heavy atom. The minimum atomic E-state index is -4.92. The molecule has 2 aromatic carbocycles. The molecular weight excluding hydrogens is 392 g/mol. The van der Waals surface area contributed by atoms with E-state index in [0.717, 1.165) is 17.7 Å². The van der Waals surface area contributed by atoms with E-state index in [1.54, 1.807) is 0 Å². The molecule has 0 saturated heterocycles.